The Labute approximate surface area is 145 Å². The van der Waals surface area contributed by atoms with Crippen molar-refractivity contribution in [3.05, 3.63) is 71.8 Å². The molecule has 0 saturated carbocycles. The Bertz CT molecular complexity index is 649. The van der Waals surface area contributed by atoms with E-state index in [4.69, 9.17) is 9.73 Å². The van der Waals surface area contributed by atoms with E-state index in [1.807, 2.05) is 36.4 Å². The number of rotatable bonds is 6. The summed E-state index contributed by atoms with van der Waals surface area (Å²) in [6.07, 6.45) is 0.329. The number of benzene rings is 2. The van der Waals surface area contributed by atoms with Gasteiger partial charge in [0, 0.05) is 11.1 Å². The van der Waals surface area contributed by atoms with Gasteiger partial charge in [0.1, 0.15) is 0 Å². The Morgan fingerprint density at radius 2 is 1.42 bits per heavy atom. The molecule has 4 heteroatoms. The molecule has 0 aliphatic carbocycles. The van der Waals surface area contributed by atoms with Crippen LogP contribution >= 0.6 is 0 Å². The number of carbonyl (C=O) groups excluding carboxylic acids is 1. The third kappa shape index (κ3) is 4.90. The van der Waals surface area contributed by atoms with Crippen molar-refractivity contribution < 1.29 is 9.53 Å². The first kappa shape index (κ1) is 18.1. The lowest BCUT2D eigenvalue weighted by atomic mass is 10.0. The SMILES string of the molecule is COC(=O)CC(N=C(c1ccccc1)c1ccccc1)[Si](C)(C)C. The molecule has 0 amide bonds. The maximum atomic E-state index is 11.9. The van der Waals surface area contributed by atoms with Crippen molar-refractivity contribution >= 4 is 19.8 Å². The first-order chi connectivity index (χ1) is 11.4. The van der Waals surface area contributed by atoms with Crippen LogP contribution in [-0.4, -0.2) is 32.5 Å². The van der Waals surface area contributed by atoms with Gasteiger partial charge >= 0.3 is 5.97 Å². The molecule has 0 N–H and O–H groups in total. The minimum absolute atomic E-state index is 0.0274. The molecule has 0 bridgehead atoms. The van der Waals surface area contributed by atoms with Crippen LogP contribution in [0, 0.1) is 0 Å². The quantitative estimate of drug-likeness (QED) is 0.446. The van der Waals surface area contributed by atoms with Gasteiger partial charge in [-0.1, -0.05) is 80.3 Å². The molecule has 2 rings (SSSR count). The molecule has 0 radical (unpaired) electrons. The van der Waals surface area contributed by atoms with Gasteiger partial charge in [0.05, 0.1) is 33.0 Å². The summed E-state index contributed by atoms with van der Waals surface area (Å²) in [6, 6.07) is 20.3. The van der Waals surface area contributed by atoms with Gasteiger partial charge in [0.15, 0.2) is 0 Å². The van der Waals surface area contributed by atoms with Crippen molar-refractivity contribution in [1.29, 1.82) is 0 Å². The molecule has 24 heavy (non-hydrogen) atoms. The highest BCUT2D eigenvalue weighted by Gasteiger charge is 2.29. The van der Waals surface area contributed by atoms with Gasteiger partial charge in [0.25, 0.3) is 0 Å². The van der Waals surface area contributed by atoms with Crippen LogP contribution in [0.5, 0.6) is 0 Å². The van der Waals surface area contributed by atoms with Gasteiger partial charge in [-0.05, 0) is 0 Å². The molecule has 1 unspecified atom stereocenters. The van der Waals surface area contributed by atoms with Gasteiger partial charge in [-0.25, -0.2) is 0 Å². The summed E-state index contributed by atoms with van der Waals surface area (Å²) in [6.45, 7) is 6.70. The Morgan fingerprint density at radius 3 is 1.79 bits per heavy atom. The summed E-state index contributed by atoms with van der Waals surface area (Å²) >= 11 is 0. The molecule has 126 valence electrons. The van der Waals surface area contributed by atoms with E-state index in [0.717, 1.165) is 16.8 Å². The lowest BCUT2D eigenvalue weighted by molar-refractivity contribution is -0.140. The van der Waals surface area contributed by atoms with Crippen LogP contribution in [0.1, 0.15) is 17.5 Å². The van der Waals surface area contributed by atoms with Crippen LogP contribution in [0.4, 0.5) is 0 Å². The van der Waals surface area contributed by atoms with Gasteiger partial charge in [-0.15, -0.1) is 0 Å². The average molecular weight is 340 g/mol. The minimum atomic E-state index is -1.68. The Hall–Kier alpha value is -2.20. The van der Waals surface area contributed by atoms with E-state index in [-0.39, 0.29) is 11.6 Å². The molecule has 0 aliphatic heterocycles. The van der Waals surface area contributed by atoms with Crippen LogP contribution in [0.3, 0.4) is 0 Å². The number of esters is 1. The van der Waals surface area contributed by atoms with Crippen molar-refractivity contribution in [3.63, 3.8) is 0 Å². The largest absolute Gasteiger partial charge is 0.469 e. The van der Waals surface area contributed by atoms with E-state index < -0.39 is 8.07 Å². The maximum Gasteiger partial charge on any atom is 0.307 e. The number of hydrogen-bond donors (Lipinski definition) is 0. The Balaban J connectivity index is 2.51. The molecule has 0 aliphatic rings. The summed E-state index contributed by atoms with van der Waals surface area (Å²) in [4.78, 5) is 16.9. The normalized spacial score (nSPS) is 12.3. The minimum Gasteiger partial charge on any atom is -0.469 e. The zero-order chi connectivity index (χ0) is 17.6. The second-order valence-electron chi connectivity index (χ2n) is 6.87. The van der Waals surface area contributed by atoms with E-state index in [1.165, 1.54) is 7.11 Å². The summed E-state index contributed by atoms with van der Waals surface area (Å²) in [7, 11) is -0.249. The first-order valence-corrected chi connectivity index (χ1v) is 11.7. The topological polar surface area (TPSA) is 38.7 Å². The Kier molecular flexibility index (Phi) is 6.09. The molecular formula is C20H25NO2Si. The standard InChI is InChI=1S/C20H25NO2Si/c1-23-19(22)15-18(24(2,3)4)21-20(16-11-7-5-8-12-16)17-13-9-6-10-14-17/h5-14,18H,15H2,1-4H3. The fourth-order valence-corrected chi connectivity index (χ4v) is 3.75. The molecule has 2 aromatic rings. The molecule has 0 heterocycles. The lowest BCUT2D eigenvalue weighted by Crippen LogP contribution is -2.39. The van der Waals surface area contributed by atoms with Crippen molar-refractivity contribution in [2.24, 2.45) is 4.99 Å². The first-order valence-electron chi connectivity index (χ1n) is 8.17. The average Bonchev–Trinajstić information content (AvgIpc) is 2.58. The number of carbonyl (C=O) groups is 1. The van der Waals surface area contributed by atoms with E-state index in [1.54, 1.807) is 0 Å². The fourth-order valence-electron chi connectivity index (χ4n) is 2.45. The summed E-state index contributed by atoms with van der Waals surface area (Å²) in [5.41, 5.74) is 3.04. The van der Waals surface area contributed by atoms with Crippen LogP contribution < -0.4 is 0 Å². The third-order valence-electron chi connectivity index (χ3n) is 3.97. The molecule has 3 nitrogen and oxygen atoms in total. The number of hydrogen-bond acceptors (Lipinski definition) is 3. The zero-order valence-electron chi connectivity index (χ0n) is 14.8. The van der Waals surface area contributed by atoms with Gasteiger partial charge < -0.3 is 4.74 Å². The van der Waals surface area contributed by atoms with E-state index in [9.17, 15) is 4.79 Å². The summed E-state index contributed by atoms with van der Waals surface area (Å²) in [5.74, 6) is -0.202. The smallest absolute Gasteiger partial charge is 0.307 e. The predicted octanol–water partition coefficient (Wildman–Crippen LogP) is 4.33. The van der Waals surface area contributed by atoms with Crippen LogP contribution in [0.15, 0.2) is 65.7 Å². The number of nitrogens with zero attached hydrogens (tertiary/aromatic N) is 1. The molecule has 0 saturated heterocycles. The molecule has 1 atom stereocenters. The highest BCUT2D eigenvalue weighted by atomic mass is 28.3. The monoisotopic (exact) mass is 339 g/mol. The number of methoxy groups -OCH3 is 1. The fraction of sp³-hybridized carbons (Fsp3) is 0.300. The van der Waals surface area contributed by atoms with Gasteiger partial charge in [-0.2, -0.15) is 0 Å². The van der Waals surface area contributed by atoms with E-state index in [0.29, 0.717) is 6.42 Å². The Morgan fingerprint density at radius 1 is 0.958 bits per heavy atom. The van der Waals surface area contributed by atoms with E-state index in [2.05, 4.69) is 43.9 Å². The van der Waals surface area contributed by atoms with Gasteiger partial charge in [0.2, 0.25) is 0 Å². The lowest BCUT2D eigenvalue weighted by Gasteiger charge is -2.26. The van der Waals surface area contributed by atoms with Crippen molar-refractivity contribution in [2.75, 3.05) is 7.11 Å². The van der Waals surface area contributed by atoms with Crippen molar-refractivity contribution in [3.8, 4) is 0 Å². The third-order valence-corrected chi connectivity index (χ3v) is 6.30. The molecule has 2 aromatic carbocycles. The molecule has 0 fully saturated rings. The van der Waals surface area contributed by atoms with Crippen LogP contribution in [0.25, 0.3) is 0 Å². The number of aliphatic imine (C=N–C) groups is 1. The highest BCUT2D eigenvalue weighted by molar-refractivity contribution is 6.78. The van der Waals surface area contributed by atoms with Crippen molar-refractivity contribution in [1.82, 2.24) is 0 Å². The predicted molar refractivity (Wildman–Crippen MR) is 102 cm³/mol. The highest BCUT2D eigenvalue weighted by Crippen LogP contribution is 2.20. The van der Waals surface area contributed by atoms with E-state index >= 15 is 0 Å². The van der Waals surface area contributed by atoms with Gasteiger partial charge in [-0.3, -0.25) is 9.79 Å². The number of ether oxygens (including phenoxy) is 1. The van der Waals surface area contributed by atoms with Crippen LogP contribution in [0.2, 0.25) is 19.6 Å². The van der Waals surface area contributed by atoms with Crippen molar-refractivity contribution in [2.45, 2.75) is 31.7 Å². The molecule has 0 aromatic heterocycles. The molecular weight excluding hydrogens is 314 g/mol. The maximum absolute atomic E-state index is 11.9. The summed E-state index contributed by atoms with van der Waals surface area (Å²) in [5, 5.41) is 0. The molecule has 0 spiro atoms. The van der Waals surface area contributed by atoms with Crippen LogP contribution in [-0.2, 0) is 9.53 Å². The second-order valence-corrected chi connectivity index (χ2v) is 12.3. The second kappa shape index (κ2) is 8.06. The zero-order valence-corrected chi connectivity index (χ0v) is 15.8. The summed E-state index contributed by atoms with van der Waals surface area (Å²) < 4.78 is 4.88.